The van der Waals surface area contributed by atoms with Crippen LogP contribution in [-0.2, 0) is 46.4 Å². The second kappa shape index (κ2) is 14.2. The van der Waals surface area contributed by atoms with Crippen LogP contribution in [0, 0.1) is 0 Å². The number of hydrogen-bond acceptors (Lipinski definition) is 9. The molecule has 3 unspecified atom stereocenters. The number of rotatable bonds is 15. The van der Waals surface area contributed by atoms with Crippen molar-refractivity contribution in [3.05, 3.63) is 44.8 Å². The Hall–Kier alpha value is -0.880. The van der Waals surface area contributed by atoms with Gasteiger partial charge in [0.25, 0.3) is 0 Å². The molecule has 7 nitrogen and oxygen atoms in total. The predicted molar refractivity (Wildman–Crippen MR) is 115 cm³/mol. The van der Waals surface area contributed by atoms with E-state index in [1.54, 1.807) is 29.8 Å². The lowest BCUT2D eigenvalue weighted by molar-refractivity contribution is -0.122. The molecule has 2 fully saturated rings. The van der Waals surface area contributed by atoms with E-state index in [2.05, 4.69) is 17.5 Å². The molecule has 0 aromatic carbocycles. The lowest BCUT2D eigenvalue weighted by atomic mass is 10.4. The second-order valence-corrected chi connectivity index (χ2v) is 8.90. The van der Waals surface area contributed by atoms with Crippen molar-refractivity contribution in [3.8, 4) is 0 Å². The monoisotopic (exact) mass is 458 g/mol. The average Bonchev–Trinajstić information content (AvgIpc) is 3.65. The molecular formula is C21H30O7S2. The third kappa shape index (κ3) is 10.9. The summed E-state index contributed by atoms with van der Waals surface area (Å²) in [6.45, 7) is 5.63. The molecule has 2 aliphatic heterocycles. The molecular weight excluding hydrogens is 428 g/mol. The standard InChI is InChI=1S/C13H20O5S.C8H10O2S/c1-14-10-18-11(5-15-7-12-8-17-12)6-16-9-13-3-2-4-19-13;1-2-8(11-3-1)6-9-4-7-5-10-7/h2-4,11-12H,5-10H2,1H3;1-3,7H,4-6H2. The predicted octanol–water partition coefficient (Wildman–Crippen LogP) is 3.33. The maximum Gasteiger partial charge on any atom is 0.146 e. The van der Waals surface area contributed by atoms with E-state index < -0.39 is 0 Å². The first kappa shape index (κ1) is 23.8. The fraction of sp³-hybridized carbons (Fsp3) is 0.619. The highest BCUT2D eigenvalue weighted by atomic mass is 32.1. The minimum atomic E-state index is -0.112. The zero-order valence-corrected chi connectivity index (χ0v) is 18.9. The van der Waals surface area contributed by atoms with E-state index in [1.165, 1.54) is 9.75 Å². The zero-order valence-electron chi connectivity index (χ0n) is 17.2. The third-order valence-electron chi connectivity index (χ3n) is 4.09. The summed E-state index contributed by atoms with van der Waals surface area (Å²) in [7, 11) is 1.60. The summed E-state index contributed by atoms with van der Waals surface area (Å²) in [6, 6.07) is 8.19. The van der Waals surface area contributed by atoms with Gasteiger partial charge in [0.2, 0.25) is 0 Å². The fourth-order valence-corrected chi connectivity index (χ4v) is 3.62. The molecule has 4 rings (SSSR count). The van der Waals surface area contributed by atoms with Crippen molar-refractivity contribution in [2.75, 3.05) is 53.5 Å². The van der Waals surface area contributed by atoms with Gasteiger partial charge in [-0.3, -0.25) is 0 Å². The minimum absolute atomic E-state index is 0.112. The maximum absolute atomic E-state index is 5.63. The molecule has 2 aromatic rings. The van der Waals surface area contributed by atoms with Crippen LogP contribution >= 0.6 is 22.7 Å². The van der Waals surface area contributed by atoms with Crippen LogP contribution in [0.4, 0.5) is 0 Å². The molecule has 4 heterocycles. The number of hydrogen-bond donors (Lipinski definition) is 0. The van der Waals surface area contributed by atoms with Crippen molar-refractivity contribution in [2.45, 2.75) is 31.5 Å². The minimum Gasteiger partial charge on any atom is -0.376 e. The van der Waals surface area contributed by atoms with Gasteiger partial charge in [-0.1, -0.05) is 12.1 Å². The van der Waals surface area contributed by atoms with E-state index in [1.807, 2.05) is 17.5 Å². The highest BCUT2D eigenvalue weighted by Crippen LogP contribution is 2.13. The van der Waals surface area contributed by atoms with Gasteiger partial charge in [0.15, 0.2) is 0 Å². The van der Waals surface area contributed by atoms with Crippen molar-refractivity contribution in [1.29, 1.82) is 0 Å². The summed E-state index contributed by atoms with van der Waals surface area (Å²) >= 11 is 3.41. The Balaban J connectivity index is 0.000000196. The van der Waals surface area contributed by atoms with E-state index in [-0.39, 0.29) is 19.0 Å². The molecule has 0 radical (unpaired) electrons. The normalized spacial score (nSPS) is 20.4. The summed E-state index contributed by atoms with van der Waals surface area (Å²) in [5.74, 6) is 0. The summed E-state index contributed by atoms with van der Waals surface area (Å²) in [4.78, 5) is 2.49. The molecule has 3 atom stereocenters. The number of methoxy groups -OCH3 is 1. The topological polar surface area (TPSA) is 71.2 Å². The quantitative estimate of drug-likeness (QED) is 0.299. The van der Waals surface area contributed by atoms with Crippen LogP contribution in [0.2, 0.25) is 0 Å². The maximum atomic E-state index is 5.63. The molecule has 30 heavy (non-hydrogen) atoms. The molecule has 0 N–H and O–H groups in total. The van der Waals surface area contributed by atoms with Gasteiger partial charge in [-0.2, -0.15) is 0 Å². The van der Waals surface area contributed by atoms with Gasteiger partial charge in [-0.05, 0) is 22.9 Å². The van der Waals surface area contributed by atoms with Crippen LogP contribution in [0.1, 0.15) is 9.75 Å². The molecule has 0 amide bonds. The molecule has 0 bridgehead atoms. The third-order valence-corrected chi connectivity index (χ3v) is 5.79. The molecule has 2 saturated heterocycles. The van der Waals surface area contributed by atoms with Gasteiger partial charge in [-0.15, -0.1) is 22.7 Å². The molecule has 2 aromatic heterocycles. The lowest BCUT2D eigenvalue weighted by Gasteiger charge is -2.17. The first-order chi connectivity index (χ1) is 14.8. The number of thiophene rings is 2. The summed E-state index contributed by atoms with van der Waals surface area (Å²) in [5.41, 5.74) is 0. The van der Waals surface area contributed by atoms with Gasteiger partial charge in [0.05, 0.1) is 52.9 Å². The first-order valence-electron chi connectivity index (χ1n) is 9.95. The highest BCUT2D eigenvalue weighted by Gasteiger charge is 2.23. The van der Waals surface area contributed by atoms with Crippen LogP contribution in [0.15, 0.2) is 35.0 Å². The number of ether oxygens (including phenoxy) is 7. The fourth-order valence-electron chi connectivity index (χ4n) is 2.34. The van der Waals surface area contributed by atoms with Crippen molar-refractivity contribution < 1.29 is 33.2 Å². The Labute approximate surface area is 185 Å². The first-order valence-corrected chi connectivity index (χ1v) is 11.7. The Bertz CT molecular complexity index is 642. The van der Waals surface area contributed by atoms with Gasteiger partial charge in [0.1, 0.15) is 25.1 Å². The van der Waals surface area contributed by atoms with Gasteiger partial charge in [-0.25, -0.2) is 0 Å². The molecule has 9 heteroatoms. The van der Waals surface area contributed by atoms with Gasteiger partial charge in [0, 0.05) is 16.9 Å². The smallest absolute Gasteiger partial charge is 0.146 e. The van der Waals surface area contributed by atoms with E-state index >= 15 is 0 Å². The Morgan fingerprint density at radius 1 is 0.900 bits per heavy atom. The lowest BCUT2D eigenvalue weighted by Crippen LogP contribution is -2.27. The second-order valence-electron chi connectivity index (χ2n) is 6.83. The van der Waals surface area contributed by atoms with E-state index in [0.29, 0.717) is 32.5 Å². The van der Waals surface area contributed by atoms with Crippen LogP contribution in [0.25, 0.3) is 0 Å². The van der Waals surface area contributed by atoms with E-state index in [0.717, 1.165) is 26.4 Å². The molecule has 2 aliphatic rings. The van der Waals surface area contributed by atoms with Crippen molar-refractivity contribution in [2.24, 2.45) is 0 Å². The Kier molecular flexibility index (Phi) is 11.3. The number of epoxide rings is 2. The van der Waals surface area contributed by atoms with Gasteiger partial charge >= 0.3 is 0 Å². The zero-order chi connectivity index (χ0) is 20.9. The molecule has 168 valence electrons. The van der Waals surface area contributed by atoms with Crippen LogP contribution in [0.3, 0.4) is 0 Å². The van der Waals surface area contributed by atoms with Crippen molar-refractivity contribution in [3.63, 3.8) is 0 Å². The average molecular weight is 459 g/mol. The Morgan fingerprint density at radius 2 is 1.47 bits per heavy atom. The summed E-state index contributed by atoms with van der Waals surface area (Å²) in [6.07, 6.45) is 0.545. The van der Waals surface area contributed by atoms with E-state index in [4.69, 9.17) is 33.2 Å². The molecule has 0 saturated carbocycles. The largest absolute Gasteiger partial charge is 0.376 e. The highest BCUT2D eigenvalue weighted by molar-refractivity contribution is 7.10. The summed E-state index contributed by atoms with van der Waals surface area (Å²) < 4.78 is 37.0. The Morgan fingerprint density at radius 3 is 2.00 bits per heavy atom. The van der Waals surface area contributed by atoms with Crippen LogP contribution in [0.5, 0.6) is 0 Å². The molecule has 0 spiro atoms. The summed E-state index contributed by atoms with van der Waals surface area (Å²) in [5, 5.41) is 4.10. The van der Waals surface area contributed by atoms with Crippen molar-refractivity contribution >= 4 is 22.7 Å². The van der Waals surface area contributed by atoms with Crippen molar-refractivity contribution in [1.82, 2.24) is 0 Å². The van der Waals surface area contributed by atoms with E-state index in [9.17, 15) is 0 Å². The molecule has 0 aliphatic carbocycles. The van der Waals surface area contributed by atoms with Crippen LogP contribution in [-0.4, -0.2) is 71.9 Å². The SMILES string of the molecule is COCOC(COCc1cccs1)COCC1CO1.c1csc(COCC2CO2)c1. The van der Waals surface area contributed by atoms with Crippen LogP contribution < -0.4 is 0 Å². The van der Waals surface area contributed by atoms with Gasteiger partial charge < -0.3 is 33.2 Å².